The van der Waals surface area contributed by atoms with Crippen LogP contribution < -0.4 is 10.1 Å². The van der Waals surface area contributed by atoms with E-state index in [1.807, 2.05) is 31.2 Å². The van der Waals surface area contributed by atoms with Gasteiger partial charge in [-0.1, -0.05) is 19.9 Å². The highest BCUT2D eigenvalue weighted by Crippen LogP contribution is 2.42. The normalized spacial score (nSPS) is 19.2. The molecule has 0 saturated heterocycles. The molecule has 1 fully saturated rings. The van der Waals surface area contributed by atoms with E-state index in [0.717, 1.165) is 27.7 Å². The number of amides is 1. The quantitative estimate of drug-likeness (QED) is 0.531. The Labute approximate surface area is 181 Å². The summed E-state index contributed by atoms with van der Waals surface area (Å²) in [6, 6.07) is 9.32. The van der Waals surface area contributed by atoms with E-state index >= 15 is 0 Å². The first-order valence-electron chi connectivity index (χ1n) is 10.7. The van der Waals surface area contributed by atoms with Gasteiger partial charge in [0.15, 0.2) is 0 Å². The van der Waals surface area contributed by atoms with Crippen molar-refractivity contribution >= 4 is 33.1 Å². The molecule has 6 heteroatoms. The summed E-state index contributed by atoms with van der Waals surface area (Å²) in [5.74, 6) is 2.52. The molecule has 0 spiro atoms. The van der Waals surface area contributed by atoms with E-state index in [4.69, 9.17) is 9.72 Å². The van der Waals surface area contributed by atoms with Crippen molar-refractivity contribution in [2.45, 2.75) is 52.4 Å². The molecule has 1 amide bonds. The fourth-order valence-electron chi connectivity index (χ4n) is 4.30. The second-order valence-corrected chi connectivity index (χ2v) is 9.61. The molecule has 1 saturated carbocycles. The first-order valence-corrected chi connectivity index (χ1v) is 11.5. The van der Waals surface area contributed by atoms with Crippen molar-refractivity contribution in [2.24, 2.45) is 11.8 Å². The SMILES string of the molecule is COc1cc2nc([C@H]3CC[C@H](C(C)C)CC3)sc2cc1NC(=O)c1cccc(C)n1. The lowest BCUT2D eigenvalue weighted by molar-refractivity contribution is 0.102. The molecular formula is C24H29N3O2S. The molecule has 0 unspecified atom stereocenters. The highest BCUT2D eigenvalue weighted by Gasteiger charge is 2.26. The molecule has 1 N–H and O–H groups in total. The number of pyridine rings is 1. The summed E-state index contributed by atoms with van der Waals surface area (Å²) in [6.07, 6.45) is 4.99. The fourth-order valence-corrected chi connectivity index (χ4v) is 5.46. The molecule has 1 aromatic carbocycles. The van der Waals surface area contributed by atoms with Crippen molar-refractivity contribution in [3.63, 3.8) is 0 Å². The van der Waals surface area contributed by atoms with Crippen molar-refractivity contribution in [3.8, 4) is 5.75 Å². The average Bonchev–Trinajstić information content (AvgIpc) is 3.16. The van der Waals surface area contributed by atoms with Crippen LogP contribution in [0.5, 0.6) is 5.75 Å². The Balaban J connectivity index is 1.57. The van der Waals surface area contributed by atoms with Crippen molar-refractivity contribution < 1.29 is 9.53 Å². The second kappa shape index (κ2) is 8.72. The Kier molecular flexibility index (Phi) is 6.04. The van der Waals surface area contributed by atoms with Gasteiger partial charge in [0.05, 0.1) is 28.0 Å². The molecule has 2 aromatic heterocycles. The van der Waals surface area contributed by atoms with Gasteiger partial charge in [0.2, 0.25) is 0 Å². The number of ether oxygens (including phenoxy) is 1. The summed E-state index contributed by atoms with van der Waals surface area (Å²) in [5, 5.41) is 4.16. The maximum absolute atomic E-state index is 12.7. The van der Waals surface area contributed by atoms with Crippen LogP contribution >= 0.6 is 11.3 Å². The minimum absolute atomic E-state index is 0.243. The zero-order valence-electron chi connectivity index (χ0n) is 18.1. The van der Waals surface area contributed by atoms with Crippen LogP contribution in [-0.2, 0) is 0 Å². The Hall–Kier alpha value is -2.47. The Morgan fingerprint density at radius 1 is 1.17 bits per heavy atom. The third-order valence-electron chi connectivity index (χ3n) is 6.16. The van der Waals surface area contributed by atoms with E-state index in [1.165, 1.54) is 30.7 Å². The summed E-state index contributed by atoms with van der Waals surface area (Å²) < 4.78 is 6.61. The van der Waals surface area contributed by atoms with Crippen LogP contribution in [0.15, 0.2) is 30.3 Å². The number of hydrogen-bond acceptors (Lipinski definition) is 5. The van der Waals surface area contributed by atoms with E-state index in [9.17, 15) is 4.79 Å². The largest absolute Gasteiger partial charge is 0.494 e. The van der Waals surface area contributed by atoms with E-state index in [0.29, 0.717) is 23.0 Å². The van der Waals surface area contributed by atoms with Crippen LogP contribution in [0.1, 0.15) is 66.6 Å². The number of carbonyl (C=O) groups excluding carboxylic acids is 1. The number of carbonyl (C=O) groups is 1. The summed E-state index contributed by atoms with van der Waals surface area (Å²) >= 11 is 1.74. The molecule has 30 heavy (non-hydrogen) atoms. The van der Waals surface area contributed by atoms with Gasteiger partial charge in [0.25, 0.3) is 5.91 Å². The minimum atomic E-state index is -0.243. The van der Waals surface area contributed by atoms with Crippen molar-refractivity contribution in [3.05, 3.63) is 46.7 Å². The molecule has 1 aliphatic carbocycles. The highest BCUT2D eigenvalue weighted by atomic mass is 32.1. The van der Waals surface area contributed by atoms with Gasteiger partial charge in [-0.3, -0.25) is 4.79 Å². The zero-order chi connectivity index (χ0) is 21.3. The van der Waals surface area contributed by atoms with Gasteiger partial charge in [-0.25, -0.2) is 9.97 Å². The van der Waals surface area contributed by atoms with Crippen molar-refractivity contribution in [2.75, 3.05) is 12.4 Å². The summed E-state index contributed by atoms with van der Waals surface area (Å²) in [7, 11) is 1.61. The smallest absolute Gasteiger partial charge is 0.274 e. The second-order valence-electron chi connectivity index (χ2n) is 8.55. The molecule has 2 heterocycles. The third-order valence-corrected chi connectivity index (χ3v) is 7.34. The van der Waals surface area contributed by atoms with E-state index in [1.54, 1.807) is 24.5 Å². The average molecular weight is 424 g/mol. The molecule has 158 valence electrons. The predicted octanol–water partition coefficient (Wildman–Crippen LogP) is 6.19. The molecular weight excluding hydrogens is 394 g/mol. The Bertz CT molecular complexity index is 1050. The third kappa shape index (κ3) is 4.33. The number of benzene rings is 1. The number of nitrogens with zero attached hydrogens (tertiary/aromatic N) is 2. The van der Waals surface area contributed by atoms with E-state index in [2.05, 4.69) is 24.1 Å². The molecule has 0 bridgehead atoms. The van der Waals surface area contributed by atoms with Crippen LogP contribution in [-0.4, -0.2) is 23.0 Å². The highest BCUT2D eigenvalue weighted by molar-refractivity contribution is 7.18. The maximum Gasteiger partial charge on any atom is 0.274 e. The van der Waals surface area contributed by atoms with Gasteiger partial charge < -0.3 is 10.1 Å². The van der Waals surface area contributed by atoms with Crippen LogP contribution in [0.25, 0.3) is 10.2 Å². The van der Waals surface area contributed by atoms with Gasteiger partial charge in [-0.15, -0.1) is 11.3 Å². The molecule has 3 aromatic rings. The monoisotopic (exact) mass is 423 g/mol. The summed E-state index contributed by atoms with van der Waals surface area (Å²) in [6.45, 7) is 6.53. The number of anilines is 1. The fraction of sp³-hybridized carbons (Fsp3) is 0.458. The number of aryl methyl sites for hydroxylation is 1. The lowest BCUT2D eigenvalue weighted by Gasteiger charge is -2.29. The van der Waals surface area contributed by atoms with Gasteiger partial charge in [0.1, 0.15) is 11.4 Å². The number of fused-ring (bicyclic) bond motifs is 1. The van der Waals surface area contributed by atoms with Gasteiger partial charge in [-0.05, 0) is 62.6 Å². The van der Waals surface area contributed by atoms with Crippen LogP contribution in [0, 0.1) is 18.8 Å². The van der Waals surface area contributed by atoms with Crippen LogP contribution in [0.3, 0.4) is 0 Å². The first kappa shape index (κ1) is 20.8. The number of hydrogen-bond donors (Lipinski definition) is 1. The van der Waals surface area contributed by atoms with Gasteiger partial charge in [-0.2, -0.15) is 0 Å². The number of rotatable bonds is 5. The topological polar surface area (TPSA) is 64.1 Å². The summed E-state index contributed by atoms with van der Waals surface area (Å²) in [4.78, 5) is 21.9. The van der Waals surface area contributed by atoms with Crippen LogP contribution in [0.2, 0.25) is 0 Å². The van der Waals surface area contributed by atoms with Gasteiger partial charge in [0, 0.05) is 17.7 Å². The first-order chi connectivity index (χ1) is 14.4. The molecule has 0 atom stereocenters. The zero-order valence-corrected chi connectivity index (χ0v) is 18.9. The number of aromatic nitrogens is 2. The molecule has 0 radical (unpaired) electrons. The number of nitrogens with one attached hydrogen (secondary N) is 1. The lowest BCUT2D eigenvalue weighted by Crippen LogP contribution is -2.17. The van der Waals surface area contributed by atoms with E-state index < -0.39 is 0 Å². The van der Waals surface area contributed by atoms with Crippen molar-refractivity contribution in [1.82, 2.24) is 9.97 Å². The van der Waals surface area contributed by atoms with Crippen molar-refractivity contribution in [1.29, 1.82) is 0 Å². The number of methoxy groups -OCH3 is 1. The number of thiazole rings is 1. The molecule has 4 rings (SSSR count). The van der Waals surface area contributed by atoms with Crippen LogP contribution in [0.4, 0.5) is 5.69 Å². The summed E-state index contributed by atoms with van der Waals surface area (Å²) in [5.41, 5.74) is 2.79. The molecule has 0 aliphatic heterocycles. The predicted molar refractivity (Wildman–Crippen MR) is 123 cm³/mol. The van der Waals surface area contributed by atoms with E-state index in [-0.39, 0.29) is 5.91 Å². The Morgan fingerprint density at radius 2 is 1.93 bits per heavy atom. The maximum atomic E-state index is 12.7. The standard InChI is InChI=1S/C24H29N3O2S/c1-14(2)16-8-10-17(11-9-16)24-27-20-12-21(29-4)19(13-22(20)30-24)26-23(28)18-7-5-6-15(3)25-18/h5-7,12-14,16-17H,8-11H2,1-4H3,(H,26,28)/t16-,17-. The Morgan fingerprint density at radius 3 is 2.60 bits per heavy atom. The lowest BCUT2D eigenvalue weighted by atomic mass is 9.77. The molecule has 5 nitrogen and oxygen atoms in total. The molecule has 1 aliphatic rings. The van der Waals surface area contributed by atoms with Gasteiger partial charge >= 0.3 is 0 Å². The minimum Gasteiger partial charge on any atom is -0.494 e.